The zero-order valence-electron chi connectivity index (χ0n) is 11.9. The smallest absolute Gasteiger partial charge is 0.410 e. The Labute approximate surface area is 134 Å². The summed E-state index contributed by atoms with van der Waals surface area (Å²) >= 11 is 11.8. The van der Waals surface area contributed by atoms with E-state index in [1.807, 2.05) is 0 Å². The minimum atomic E-state index is -0.307. The number of rotatable bonds is 1. The number of hydrogen-bond acceptors (Lipinski definition) is 3. The normalized spacial score (nSPS) is 25.8. The number of nitrogens with zero attached hydrogens (tertiary/aromatic N) is 2. The van der Waals surface area contributed by atoms with Gasteiger partial charge in [-0.2, -0.15) is 0 Å². The highest BCUT2D eigenvalue weighted by Gasteiger charge is 2.37. The van der Waals surface area contributed by atoms with Crippen molar-refractivity contribution in [1.29, 1.82) is 0 Å². The number of piperazine rings is 1. The van der Waals surface area contributed by atoms with Crippen molar-refractivity contribution >= 4 is 29.3 Å². The van der Waals surface area contributed by atoms with Crippen LogP contribution in [0.5, 0.6) is 5.75 Å². The summed E-state index contributed by atoms with van der Waals surface area (Å²) in [6.45, 7) is 1.46. The highest BCUT2D eigenvalue weighted by atomic mass is 35.5. The Balaban J connectivity index is 1.67. The molecule has 0 spiro atoms. The van der Waals surface area contributed by atoms with Crippen molar-refractivity contribution in [2.24, 2.45) is 0 Å². The van der Waals surface area contributed by atoms with E-state index in [2.05, 4.69) is 11.9 Å². The minimum Gasteiger partial charge on any atom is -0.410 e. The van der Waals surface area contributed by atoms with Crippen molar-refractivity contribution in [2.75, 3.05) is 20.1 Å². The van der Waals surface area contributed by atoms with Gasteiger partial charge in [-0.05, 0) is 32.0 Å². The van der Waals surface area contributed by atoms with Gasteiger partial charge in [-0.25, -0.2) is 4.79 Å². The van der Waals surface area contributed by atoms with Crippen molar-refractivity contribution in [3.05, 3.63) is 28.2 Å². The van der Waals surface area contributed by atoms with Gasteiger partial charge < -0.3 is 9.64 Å². The molecular formula is C15H18Cl2N2O2. The van der Waals surface area contributed by atoms with E-state index in [-0.39, 0.29) is 6.09 Å². The van der Waals surface area contributed by atoms with Gasteiger partial charge in [0.15, 0.2) is 0 Å². The molecule has 2 unspecified atom stereocenters. The fourth-order valence-electron chi connectivity index (χ4n) is 3.17. The molecular weight excluding hydrogens is 311 g/mol. The predicted molar refractivity (Wildman–Crippen MR) is 83.2 cm³/mol. The lowest BCUT2D eigenvalue weighted by Crippen LogP contribution is -2.60. The lowest BCUT2D eigenvalue weighted by atomic mass is 9.92. The number of hydrogen-bond donors (Lipinski definition) is 0. The van der Waals surface area contributed by atoms with Gasteiger partial charge in [0, 0.05) is 31.2 Å². The van der Waals surface area contributed by atoms with Crippen molar-refractivity contribution in [3.63, 3.8) is 0 Å². The summed E-state index contributed by atoms with van der Waals surface area (Å²) in [7, 11) is 2.15. The van der Waals surface area contributed by atoms with E-state index in [9.17, 15) is 4.79 Å². The van der Waals surface area contributed by atoms with E-state index in [1.165, 1.54) is 6.42 Å². The van der Waals surface area contributed by atoms with Crippen LogP contribution in [0.25, 0.3) is 0 Å². The number of piperidine rings is 1. The van der Waals surface area contributed by atoms with Gasteiger partial charge >= 0.3 is 6.09 Å². The highest BCUT2D eigenvalue weighted by Crippen LogP contribution is 2.29. The van der Waals surface area contributed by atoms with Crippen LogP contribution < -0.4 is 4.74 Å². The summed E-state index contributed by atoms with van der Waals surface area (Å²) < 4.78 is 5.42. The Bertz CT molecular complexity index is 538. The van der Waals surface area contributed by atoms with Crippen LogP contribution in [0.4, 0.5) is 4.79 Å². The zero-order valence-corrected chi connectivity index (χ0v) is 13.4. The molecule has 1 amide bonds. The molecule has 1 aromatic rings. The summed E-state index contributed by atoms with van der Waals surface area (Å²) in [5.41, 5.74) is 0. The molecule has 2 fully saturated rings. The summed E-state index contributed by atoms with van der Waals surface area (Å²) in [4.78, 5) is 16.5. The van der Waals surface area contributed by atoms with Gasteiger partial charge in [-0.1, -0.05) is 29.6 Å². The molecule has 0 saturated carbocycles. The number of ether oxygens (including phenoxy) is 1. The first-order valence-corrected chi connectivity index (χ1v) is 7.94. The SMILES string of the molecule is CN1C2CCCC1CN(C(=O)Oc1ccc(Cl)c(Cl)c1)C2. The number of likely N-dealkylation sites (N-methyl/N-ethyl adjacent to an activating group) is 1. The Hall–Kier alpha value is -0.970. The van der Waals surface area contributed by atoms with E-state index in [0.29, 0.717) is 27.9 Å². The Morgan fingerprint density at radius 3 is 2.48 bits per heavy atom. The average molecular weight is 329 g/mol. The molecule has 3 rings (SSSR count). The molecule has 114 valence electrons. The maximum absolute atomic E-state index is 12.3. The topological polar surface area (TPSA) is 32.8 Å². The van der Waals surface area contributed by atoms with E-state index in [4.69, 9.17) is 27.9 Å². The lowest BCUT2D eigenvalue weighted by molar-refractivity contribution is 0.0168. The second kappa shape index (κ2) is 6.03. The van der Waals surface area contributed by atoms with Gasteiger partial charge in [0.25, 0.3) is 0 Å². The number of carbonyl (C=O) groups excluding carboxylic acids is 1. The molecule has 2 bridgehead atoms. The molecule has 2 aliphatic rings. The maximum atomic E-state index is 12.3. The van der Waals surface area contributed by atoms with Crippen molar-refractivity contribution in [2.45, 2.75) is 31.3 Å². The van der Waals surface area contributed by atoms with Crippen LogP contribution in [0.15, 0.2) is 18.2 Å². The van der Waals surface area contributed by atoms with E-state index in [1.54, 1.807) is 23.1 Å². The quantitative estimate of drug-likeness (QED) is 0.788. The fourth-order valence-corrected chi connectivity index (χ4v) is 3.46. The molecule has 2 saturated heterocycles. The average Bonchev–Trinajstić information content (AvgIpc) is 2.42. The third kappa shape index (κ3) is 3.12. The lowest BCUT2D eigenvalue weighted by Gasteiger charge is -2.47. The molecule has 0 radical (unpaired) electrons. The number of amides is 1. The van der Waals surface area contributed by atoms with Crippen LogP contribution in [-0.4, -0.2) is 48.1 Å². The molecule has 4 nitrogen and oxygen atoms in total. The number of benzene rings is 1. The Morgan fingerprint density at radius 2 is 1.86 bits per heavy atom. The van der Waals surface area contributed by atoms with Gasteiger partial charge in [0.2, 0.25) is 0 Å². The predicted octanol–water partition coefficient (Wildman–Crippen LogP) is 3.66. The van der Waals surface area contributed by atoms with Crippen molar-refractivity contribution < 1.29 is 9.53 Å². The molecule has 0 aliphatic carbocycles. The van der Waals surface area contributed by atoms with Crippen LogP contribution in [0, 0.1) is 0 Å². The maximum Gasteiger partial charge on any atom is 0.415 e. The zero-order chi connectivity index (χ0) is 15.0. The number of likely N-dealkylation sites (tertiary alicyclic amines) is 1. The number of halogens is 2. The first-order chi connectivity index (χ1) is 10.0. The minimum absolute atomic E-state index is 0.307. The molecule has 1 aromatic carbocycles. The van der Waals surface area contributed by atoms with E-state index < -0.39 is 0 Å². The highest BCUT2D eigenvalue weighted by molar-refractivity contribution is 6.42. The molecule has 6 heteroatoms. The van der Waals surface area contributed by atoms with Crippen LogP contribution in [-0.2, 0) is 0 Å². The summed E-state index contributed by atoms with van der Waals surface area (Å²) in [6.07, 6.45) is 3.22. The molecule has 2 aliphatic heterocycles. The van der Waals surface area contributed by atoms with Crippen LogP contribution >= 0.6 is 23.2 Å². The standard InChI is InChI=1S/C15H18Cl2N2O2/c1-18-10-3-2-4-11(18)9-19(8-10)15(20)21-12-5-6-13(16)14(17)7-12/h5-7,10-11H,2-4,8-9H2,1H3. The first kappa shape index (κ1) is 14.9. The monoisotopic (exact) mass is 328 g/mol. The number of fused-ring (bicyclic) bond motifs is 2. The first-order valence-electron chi connectivity index (χ1n) is 7.18. The molecule has 0 N–H and O–H groups in total. The molecule has 0 aromatic heterocycles. The van der Waals surface area contributed by atoms with Gasteiger partial charge in [0.05, 0.1) is 10.0 Å². The summed E-state index contributed by atoms with van der Waals surface area (Å²) in [6, 6.07) is 5.74. The third-order valence-corrected chi connectivity index (χ3v) is 5.18. The van der Waals surface area contributed by atoms with Crippen LogP contribution in [0.1, 0.15) is 19.3 Å². The molecule has 21 heavy (non-hydrogen) atoms. The van der Waals surface area contributed by atoms with Crippen LogP contribution in [0.3, 0.4) is 0 Å². The van der Waals surface area contributed by atoms with Crippen molar-refractivity contribution in [1.82, 2.24) is 9.80 Å². The summed E-state index contributed by atoms with van der Waals surface area (Å²) in [5.74, 6) is 0.429. The number of carbonyl (C=O) groups is 1. The van der Waals surface area contributed by atoms with Gasteiger partial charge in [-0.15, -0.1) is 0 Å². The van der Waals surface area contributed by atoms with Crippen molar-refractivity contribution in [3.8, 4) is 5.75 Å². The molecule has 2 atom stereocenters. The Morgan fingerprint density at radius 1 is 1.19 bits per heavy atom. The van der Waals surface area contributed by atoms with Gasteiger partial charge in [-0.3, -0.25) is 4.90 Å². The Kier molecular flexibility index (Phi) is 4.29. The molecule has 2 heterocycles. The fraction of sp³-hybridized carbons (Fsp3) is 0.533. The van der Waals surface area contributed by atoms with Gasteiger partial charge in [0.1, 0.15) is 5.75 Å². The second-order valence-corrected chi connectivity index (χ2v) is 6.57. The van der Waals surface area contributed by atoms with E-state index >= 15 is 0 Å². The largest absolute Gasteiger partial charge is 0.415 e. The third-order valence-electron chi connectivity index (χ3n) is 4.44. The van der Waals surface area contributed by atoms with E-state index in [0.717, 1.165) is 25.9 Å². The second-order valence-electron chi connectivity index (χ2n) is 5.75. The summed E-state index contributed by atoms with van der Waals surface area (Å²) in [5, 5.41) is 0.836. The van der Waals surface area contributed by atoms with Crippen LogP contribution in [0.2, 0.25) is 10.0 Å².